The third kappa shape index (κ3) is 2.00. The number of aromatic nitrogens is 2. The van der Waals surface area contributed by atoms with Gasteiger partial charge in [0.2, 0.25) is 0 Å². The molecule has 6 heteroatoms. The van der Waals surface area contributed by atoms with Crippen LogP contribution in [0.3, 0.4) is 0 Å². The van der Waals surface area contributed by atoms with Crippen LogP contribution in [-0.4, -0.2) is 14.9 Å². The molecular formula is C7H9F3N2O. The van der Waals surface area contributed by atoms with Gasteiger partial charge < -0.3 is 5.11 Å². The highest BCUT2D eigenvalue weighted by molar-refractivity contribution is 5.21. The second-order valence-electron chi connectivity index (χ2n) is 2.78. The van der Waals surface area contributed by atoms with E-state index in [1.807, 2.05) is 0 Å². The second-order valence-corrected chi connectivity index (χ2v) is 2.78. The Morgan fingerprint density at radius 2 is 2.08 bits per heavy atom. The molecule has 0 aromatic carbocycles. The molecule has 1 atom stereocenters. The first kappa shape index (κ1) is 10.0. The lowest BCUT2D eigenvalue weighted by atomic mass is 10.1. The molecule has 0 fully saturated rings. The van der Waals surface area contributed by atoms with Gasteiger partial charge in [0, 0.05) is 18.8 Å². The van der Waals surface area contributed by atoms with Crippen LogP contribution >= 0.6 is 0 Å². The van der Waals surface area contributed by atoms with Gasteiger partial charge in [0.25, 0.3) is 0 Å². The highest BCUT2D eigenvalue weighted by Gasteiger charge is 2.37. The van der Waals surface area contributed by atoms with Gasteiger partial charge in [0.15, 0.2) is 5.69 Å². The average Bonchev–Trinajstić information content (AvgIpc) is 2.29. The van der Waals surface area contributed by atoms with E-state index < -0.39 is 18.0 Å². The minimum absolute atomic E-state index is 0.199. The maximum atomic E-state index is 12.2. The van der Waals surface area contributed by atoms with E-state index in [1.165, 1.54) is 14.0 Å². The van der Waals surface area contributed by atoms with Gasteiger partial charge >= 0.3 is 6.18 Å². The molecule has 1 aromatic rings. The summed E-state index contributed by atoms with van der Waals surface area (Å²) < 4.78 is 37.7. The summed E-state index contributed by atoms with van der Waals surface area (Å²) >= 11 is 0. The number of hydrogen-bond donors (Lipinski definition) is 1. The summed E-state index contributed by atoms with van der Waals surface area (Å²) in [6.07, 6.45) is -4.51. The summed E-state index contributed by atoms with van der Waals surface area (Å²) in [4.78, 5) is 0. The molecule has 0 unspecified atom stereocenters. The van der Waals surface area contributed by atoms with Gasteiger partial charge in [-0.1, -0.05) is 0 Å². The van der Waals surface area contributed by atoms with Crippen molar-refractivity contribution in [2.75, 3.05) is 0 Å². The van der Waals surface area contributed by atoms with Crippen LogP contribution in [0.25, 0.3) is 0 Å². The molecule has 13 heavy (non-hydrogen) atoms. The fourth-order valence-electron chi connectivity index (χ4n) is 1.03. The van der Waals surface area contributed by atoms with Gasteiger partial charge in [-0.3, -0.25) is 4.68 Å². The lowest BCUT2D eigenvalue weighted by Gasteiger charge is -2.06. The third-order valence-corrected chi connectivity index (χ3v) is 1.58. The highest BCUT2D eigenvalue weighted by Crippen LogP contribution is 2.32. The van der Waals surface area contributed by atoms with E-state index in [0.717, 1.165) is 10.9 Å². The number of hydrogen-bond acceptors (Lipinski definition) is 2. The molecule has 0 aliphatic heterocycles. The molecule has 1 N–H and O–H groups in total. The van der Waals surface area contributed by atoms with Crippen LogP contribution in [0.15, 0.2) is 6.20 Å². The lowest BCUT2D eigenvalue weighted by Crippen LogP contribution is -2.10. The van der Waals surface area contributed by atoms with Crippen molar-refractivity contribution in [3.05, 3.63) is 17.5 Å². The molecule has 0 aliphatic carbocycles. The SMILES string of the molecule is C[C@H](O)c1cn(C)nc1C(F)(F)F. The maximum absolute atomic E-state index is 12.2. The molecule has 0 radical (unpaired) electrons. The Bertz CT molecular complexity index is 303. The van der Waals surface area contributed by atoms with Gasteiger partial charge in [-0.15, -0.1) is 0 Å². The molecule has 1 heterocycles. The maximum Gasteiger partial charge on any atom is 0.435 e. The lowest BCUT2D eigenvalue weighted by molar-refractivity contribution is -0.142. The number of alkyl halides is 3. The van der Waals surface area contributed by atoms with Crippen LogP contribution in [0, 0.1) is 0 Å². The van der Waals surface area contributed by atoms with Crippen molar-refractivity contribution < 1.29 is 18.3 Å². The second kappa shape index (κ2) is 3.02. The summed E-state index contributed by atoms with van der Waals surface area (Å²) in [5.74, 6) is 0. The fourth-order valence-corrected chi connectivity index (χ4v) is 1.03. The summed E-state index contributed by atoms with van der Waals surface area (Å²) in [6.45, 7) is 1.27. The minimum Gasteiger partial charge on any atom is -0.389 e. The van der Waals surface area contributed by atoms with Crippen molar-refractivity contribution in [2.45, 2.75) is 19.2 Å². The Balaban J connectivity index is 3.20. The zero-order chi connectivity index (χ0) is 10.2. The van der Waals surface area contributed by atoms with Crippen molar-refractivity contribution >= 4 is 0 Å². The molecule has 0 spiro atoms. The summed E-state index contributed by atoms with van der Waals surface area (Å²) in [5, 5.41) is 12.3. The predicted molar refractivity (Wildman–Crippen MR) is 38.8 cm³/mol. The third-order valence-electron chi connectivity index (χ3n) is 1.58. The molecule has 0 saturated heterocycles. The monoisotopic (exact) mass is 194 g/mol. The zero-order valence-electron chi connectivity index (χ0n) is 7.13. The Morgan fingerprint density at radius 3 is 2.38 bits per heavy atom. The normalized spacial score (nSPS) is 14.6. The van der Waals surface area contributed by atoms with Crippen molar-refractivity contribution in [3.63, 3.8) is 0 Å². The van der Waals surface area contributed by atoms with E-state index in [0.29, 0.717) is 0 Å². The number of rotatable bonds is 1. The summed E-state index contributed by atoms with van der Waals surface area (Å²) in [6, 6.07) is 0. The largest absolute Gasteiger partial charge is 0.435 e. The Kier molecular flexibility index (Phi) is 2.34. The summed E-state index contributed by atoms with van der Waals surface area (Å²) in [5.41, 5.74) is -1.22. The number of nitrogens with zero attached hydrogens (tertiary/aromatic N) is 2. The van der Waals surface area contributed by atoms with Crippen LogP contribution in [0.4, 0.5) is 13.2 Å². The van der Waals surface area contributed by atoms with Crippen LogP contribution < -0.4 is 0 Å². The molecule has 1 rings (SSSR count). The van der Waals surface area contributed by atoms with Crippen LogP contribution in [-0.2, 0) is 13.2 Å². The number of aryl methyl sites for hydroxylation is 1. The van der Waals surface area contributed by atoms with E-state index in [9.17, 15) is 13.2 Å². The van der Waals surface area contributed by atoms with Gasteiger partial charge in [0.05, 0.1) is 6.10 Å². The van der Waals surface area contributed by atoms with Gasteiger partial charge in [0.1, 0.15) is 0 Å². The predicted octanol–water partition coefficient (Wildman–Crippen LogP) is 1.49. The molecule has 0 bridgehead atoms. The zero-order valence-corrected chi connectivity index (χ0v) is 7.13. The van der Waals surface area contributed by atoms with Crippen molar-refractivity contribution in [3.8, 4) is 0 Å². The molecule has 0 amide bonds. The Morgan fingerprint density at radius 1 is 1.54 bits per heavy atom. The average molecular weight is 194 g/mol. The van der Waals surface area contributed by atoms with Crippen LogP contribution in [0.2, 0.25) is 0 Å². The smallest absolute Gasteiger partial charge is 0.389 e. The molecule has 0 saturated carbocycles. The molecular weight excluding hydrogens is 185 g/mol. The molecule has 0 aliphatic rings. The Labute approximate surface area is 72.8 Å². The van der Waals surface area contributed by atoms with E-state index in [1.54, 1.807) is 0 Å². The van der Waals surface area contributed by atoms with Crippen molar-refractivity contribution in [2.24, 2.45) is 7.05 Å². The Hall–Kier alpha value is -1.04. The topological polar surface area (TPSA) is 38.0 Å². The first-order valence-electron chi connectivity index (χ1n) is 3.61. The highest BCUT2D eigenvalue weighted by atomic mass is 19.4. The number of aliphatic hydroxyl groups excluding tert-OH is 1. The van der Waals surface area contributed by atoms with Crippen LogP contribution in [0.1, 0.15) is 24.3 Å². The standard InChI is InChI=1S/C7H9F3N2O/c1-4(13)5-3-12(2)11-6(5)7(8,9)10/h3-4,13H,1-2H3/t4-/m0/s1. The van der Waals surface area contributed by atoms with Gasteiger partial charge in [-0.25, -0.2) is 0 Å². The fraction of sp³-hybridized carbons (Fsp3) is 0.571. The van der Waals surface area contributed by atoms with E-state index >= 15 is 0 Å². The van der Waals surface area contributed by atoms with E-state index in [-0.39, 0.29) is 5.56 Å². The number of halogens is 3. The quantitative estimate of drug-likeness (QED) is 0.735. The first-order chi connectivity index (χ1) is 5.82. The van der Waals surface area contributed by atoms with Crippen molar-refractivity contribution in [1.29, 1.82) is 0 Å². The van der Waals surface area contributed by atoms with Gasteiger partial charge in [-0.05, 0) is 6.92 Å². The van der Waals surface area contributed by atoms with Crippen LogP contribution in [0.5, 0.6) is 0 Å². The van der Waals surface area contributed by atoms with E-state index in [4.69, 9.17) is 5.11 Å². The van der Waals surface area contributed by atoms with Gasteiger partial charge in [-0.2, -0.15) is 18.3 Å². The summed E-state index contributed by atoms with van der Waals surface area (Å²) in [7, 11) is 1.38. The van der Waals surface area contributed by atoms with E-state index in [2.05, 4.69) is 5.10 Å². The molecule has 3 nitrogen and oxygen atoms in total. The number of aliphatic hydroxyl groups is 1. The van der Waals surface area contributed by atoms with Crippen molar-refractivity contribution in [1.82, 2.24) is 9.78 Å². The first-order valence-corrected chi connectivity index (χ1v) is 3.61. The molecule has 1 aromatic heterocycles. The molecule has 74 valence electrons. The minimum atomic E-state index is -4.51.